The minimum atomic E-state index is -0.0916. The van der Waals surface area contributed by atoms with Gasteiger partial charge in [0.1, 0.15) is 5.82 Å². The summed E-state index contributed by atoms with van der Waals surface area (Å²) in [4.78, 5) is 20.2. The van der Waals surface area contributed by atoms with Gasteiger partial charge in [0, 0.05) is 24.2 Å². The molecule has 1 saturated heterocycles. The number of carbonyl (C=O) groups is 1. The van der Waals surface area contributed by atoms with E-state index in [1.807, 2.05) is 36.4 Å². The Labute approximate surface area is 164 Å². The van der Waals surface area contributed by atoms with Gasteiger partial charge in [-0.15, -0.1) is 0 Å². The second-order valence-electron chi connectivity index (χ2n) is 7.44. The summed E-state index contributed by atoms with van der Waals surface area (Å²) >= 11 is 0. The molecule has 1 N–H and O–H groups in total. The first-order chi connectivity index (χ1) is 13.8. The van der Waals surface area contributed by atoms with E-state index in [1.54, 1.807) is 0 Å². The molecule has 3 aromatic rings. The highest BCUT2D eigenvalue weighted by molar-refractivity contribution is 6.13. The number of para-hydroxylation sites is 1. The van der Waals surface area contributed by atoms with Gasteiger partial charge in [-0.3, -0.25) is 4.79 Å². The molecule has 1 aliphatic carbocycles. The summed E-state index contributed by atoms with van der Waals surface area (Å²) in [5, 5.41) is 3.97. The van der Waals surface area contributed by atoms with Crippen LogP contribution >= 0.6 is 0 Å². The smallest absolute Gasteiger partial charge is 0.256 e. The quantitative estimate of drug-likeness (QED) is 0.758. The highest BCUT2D eigenvalue weighted by Crippen LogP contribution is 2.27. The molecule has 0 spiro atoms. The molecule has 1 aromatic heterocycles. The van der Waals surface area contributed by atoms with E-state index in [-0.39, 0.29) is 5.91 Å². The van der Waals surface area contributed by atoms with E-state index in [9.17, 15) is 4.79 Å². The first-order valence-electron chi connectivity index (χ1n) is 9.93. The number of benzene rings is 2. The number of fused-ring (bicyclic) bond motifs is 2. The van der Waals surface area contributed by atoms with Crippen LogP contribution in [0.25, 0.3) is 10.9 Å². The predicted octanol–water partition coefficient (Wildman–Crippen LogP) is 3.81. The molecule has 2 heterocycles. The molecule has 142 valence electrons. The average Bonchev–Trinajstić information content (AvgIpc) is 3.21. The van der Waals surface area contributed by atoms with Crippen molar-refractivity contribution in [2.45, 2.75) is 19.3 Å². The molecule has 1 fully saturated rings. The number of nitrogens with one attached hydrogen (secondary N) is 1. The van der Waals surface area contributed by atoms with Crippen LogP contribution in [-0.4, -0.2) is 37.2 Å². The minimum Gasteiger partial charge on any atom is -0.378 e. The Morgan fingerprint density at radius 1 is 1.00 bits per heavy atom. The summed E-state index contributed by atoms with van der Waals surface area (Å²) < 4.78 is 5.45. The number of amides is 1. The van der Waals surface area contributed by atoms with E-state index in [2.05, 4.69) is 22.3 Å². The van der Waals surface area contributed by atoms with Crippen molar-refractivity contribution in [2.24, 2.45) is 0 Å². The lowest BCUT2D eigenvalue weighted by atomic mass is 10.1. The van der Waals surface area contributed by atoms with Crippen LogP contribution < -0.4 is 10.2 Å². The number of morpholine rings is 1. The third-order valence-electron chi connectivity index (χ3n) is 5.64. The van der Waals surface area contributed by atoms with E-state index < -0.39 is 0 Å². The van der Waals surface area contributed by atoms with Gasteiger partial charge in [0.15, 0.2) is 0 Å². The van der Waals surface area contributed by atoms with Gasteiger partial charge in [-0.05, 0) is 54.7 Å². The van der Waals surface area contributed by atoms with Gasteiger partial charge in [0.25, 0.3) is 5.91 Å². The second-order valence-corrected chi connectivity index (χ2v) is 7.44. The molecule has 5 rings (SSSR count). The molecule has 2 aromatic carbocycles. The van der Waals surface area contributed by atoms with Gasteiger partial charge >= 0.3 is 0 Å². The van der Waals surface area contributed by atoms with Crippen LogP contribution in [0.3, 0.4) is 0 Å². The van der Waals surface area contributed by atoms with Crippen LogP contribution in [0.5, 0.6) is 0 Å². The van der Waals surface area contributed by atoms with Crippen molar-refractivity contribution in [2.75, 3.05) is 36.5 Å². The molecule has 5 nitrogen and oxygen atoms in total. The van der Waals surface area contributed by atoms with Crippen molar-refractivity contribution >= 4 is 28.3 Å². The van der Waals surface area contributed by atoms with Gasteiger partial charge in [0.2, 0.25) is 0 Å². The lowest BCUT2D eigenvalue weighted by Crippen LogP contribution is -2.37. The molecule has 0 bridgehead atoms. The van der Waals surface area contributed by atoms with Crippen molar-refractivity contribution < 1.29 is 9.53 Å². The Morgan fingerprint density at radius 3 is 2.71 bits per heavy atom. The Hall–Kier alpha value is -2.92. The summed E-state index contributed by atoms with van der Waals surface area (Å²) in [6.45, 7) is 2.95. The highest BCUT2D eigenvalue weighted by atomic mass is 16.5. The Balaban J connectivity index is 1.50. The van der Waals surface area contributed by atoms with Gasteiger partial charge in [-0.1, -0.05) is 24.3 Å². The first kappa shape index (κ1) is 17.2. The summed E-state index contributed by atoms with van der Waals surface area (Å²) in [6.07, 6.45) is 3.44. The Kier molecular flexibility index (Phi) is 4.45. The van der Waals surface area contributed by atoms with E-state index in [0.717, 1.165) is 48.3 Å². The lowest BCUT2D eigenvalue weighted by molar-refractivity contribution is 0.102. The van der Waals surface area contributed by atoms with Crippen molar-refractivity contribution in [1.82, 2.24) is 4.98 Å². The Bertz CT molecular complexity index is 1040. The molecule has 0 unspecified atom stereocenters. The molecular weight excluding hydrogens is 350 g/mol. The molecular formula is C23H23N3O2. The van der Waals surface area contributed by atoms with Gasteiger partial charge in [-0.2, -0.15) is 0 Å². The summed E-state index contributed by atoms with van der Waals surface area (Å²) in [5.41, 5.74) is 5.12. The van der Waals surface area contributed by atoms with E-state index in [0.29, 0.717) is 18.8 Å². The zero-order valence-electron chi connectivity index (χ0n) is 15.8. The number of aryl methyl sites for hydroxylation is 2. The van der Waals surface area contributed by atoms with E-state index >= 15 is 0 Å². The van der Waals surface area contributed by atoms with Crippen LogP contribution in [0.2, 0.25) is 0 Å². The SMILES string of the molecule is O=C(Nc1ccc2c(c1)CCC2)c1cc(N2CCOCC2)nc2ccccc12. The van der Waals surface area contributed by atoms with Gasteiger partial charge in [0.05, 0.1) is 24.3 Å². The summed E-state index contributed by atoms with van der Waals surface area (Å²) in [7, 11) is 0. The minimum absolute atomic E-state index is 0.0916. The topological polar surface area (TPSA) is 54.5 Å². The van der Waals surface area contributed by atoms with Crippen LogP contribution in [-0.2, 0) is 17.6 Å². The number of hydrogen-bond acceptors (Lipinski definition) is 4. The van der Waals surface area contributed by atoms with Crippen LogP contribution in [0, 0.1) is 0 Å². The molecule has 2 aliphatic rings. The number of rotatable bonds is 3. The number of hydrogen-bond donors (Lipinski definition) is 1. The summed E-state index contributed by atoms with van der Waals surface area (Å²) in [5.74, 6) is 0.743. The van der Waals surface area contributed by atoms with Crippen molar-refractivity contribution in [3.8, 4) is 0 Å². The molecule has 0 atom stereocenters. The zero-order chi connectivity index (χ0) is 18.9. The fraction of sp³-hybridized carbons (Fsp3) is 0.304. The monoisotopic (exact) mass is 373 g/mol. The average molecular weight is 373 g/mol. The Morgan fingerprint density at radius 2 is 1.82 bits per heavy atom. The number of nitrogens with zero attached hydrogens (tertiary/aromatic N) is 2. The highest BCUT2D eigenvalue weighted by Gasteiger charge is 2.19. The van der Waals surface area contributed by atoms with Crippen molar-refractivity contribution in [1.29, 1.82) is 0 Å². The summed E-state index contributed by atoms with van der Waals surface area (Å²) in [6, 6.07) is 16.0. The number of carbonyl (C=O) groups excluding carboxylic acids is 1. The number of pyridine rings is 1. The molecule has 1 aliphatic heterocycles. The maximum Gasteiger partial charge on any atom is 0.256 e. The van der Waals surface area contributed by atoms with Crippen molar-refractivity contribution in [3.63, 3.8) is 0 Å². The van der Waals surface area contributed by atoms with Crippen molar-refractivity contribution in [3.05, 3.63) is 65.2 Å². The molecule has 5 heteroatoms. The second kappa shape index (κ2) is 7.24. The molecule has 1 amide bonds. The fourth-order valence-corrected chi connectivity index (χ4v) is 4.15. The number of anilines is 2. The third kappa shape index (κ3) is 3.22. The largest absolute Gasteiger partial charge is 0.378 e. The fourth-order valence-electron chi connectivity index (χ4n) is 4.15. The maximum absolute atomic E-state index is 13.2. The third-order valence-corrected chi connectivity index (χ3v) is 5.64. The standard InChI is InChI=1S/C23H23N3O2/c27-23(24-18-9-8-16-4-3-5-17(16)14-18)20-15-22(26-10-12-28-13-11-26)25-21-7-2-1-6-19(20)21/h1-2,6-9,14-15H,3-5,10-13H2,(H,24,27). The lowest BCUT2D eigenvalue weighted by Gasteiger charge is -2.28. The number of ether oxygens (including phenoxy) is 1. The number of aromatic nitrogens is 1. The van der Waals surface area contributed by atoms with Crippen LogP contribution in [0.1, 0.15) is 27.9 Å². The van der Waals surface area contributed by atoms with Crippen LogP contribution in [0.15, 0.2) is 48.5 Å². The van der Waals surface area contributed by atoms with Gasteiger partial charge < -0.3 is 15.0 Å². The predicted molar refractivity (Wildman–Crippen MR) is 111 cm³/mol. The zero-order valence-corrected chi connectivity index (χ0v) is 15.8. The van der Waals surface area contributed by atoms with E-state index in [1.165, 1.54) is 17.5 Å². The molecule has 28 heavy (non-hydrogen) atoms. The van der Waals surface area contributed by atoms with E-state index in [4.69, 9.17) is 9.72 Å². The maximum atomic E-state index is 13.2. The van der Waals surface area contributed by atoms with Gasteiger partial charge in [-0.25, -0.2) is 4.98 Å². The first-order valence-corrected chi connectivity index (χ1v) is 9.93. The normalized spacial score (nSPS) is 16.2. The molecule has 0 radical (unpaired) electrons. The van der Waals surface area contributed by atoms with Crippen LogP contribution in [0.4, 0.5) is 11.5 Å². The molecule has 0 saturated carbocycles.